The van der Waals surface area contributed by atoms with Crippen LogP contribution in [-0.4, -0.2) is 39.2 Å². The smallest absolute Gasteiger partial charge is 0.353 e. The van der Waals surface area contributed by atoms with E-state index in [-0.39, 0.29) is 23.9 Å². The second-order valence-corrected chi connectivity index (χ2v) is 3.65. The highest BCUT2D eigenvalue weighted by atomic mass is 16.6. The van der Waals surface area contributed by atoms with Gasteiger partial charge in [-0.25, -0.2) is 9.97 Å². The Morgan fingerprint density at radius 3 is 2.50 bits per heavy atom. The van der Waals surface area contributed by atoms with E-state index in [1.54, 1.807) is 0 Å². The SMILES string of the molecule is CCNc1ncnc(NCC(O)CC)c1[N+](=O)[O-]. The van der Waals surface area contributed by atoms with Gasteiger partial charge in [-0.15, -0.1) is 0 Å². The van der Waals surface area contributed by atoms with Crippen molar-refractivity contribution in [1.82, 2.24) is 9.97 Å². The van der Waals surface area contributed by atoms with E-state index >= 15 is 0 Å². The van der Waals surface area contributed by atoms with Gasteiger partial charge in [0.2, 0.25) is 11.6 Å². The molecule has 0 fully saturated rings. The largest absolute Gasteiger partial charge is 0.391 e. The van der Waals surface area contributed by atoms with Gasteiger partial charge in [-0.05, 0) is 13.3 Å². The van der Waals surface area contributed by atoms with Crippen LogP contribution in [0.5, 0.6) is 0 Å². The van der Waals surface area contributed by atoms with Crippen molar-refractivity contribution in [2.24, 2.45) is 0 Å². The molecule has 1 unspecified atom stereocenters. The van der Waals surface area contributed by atoms with Crippen molar-refractivity contribution in [3.63, 3.8) is 0 Å². The highest BCUT2D eigenvalue weighted by Gasteiger charge is 2.22. The summed E-state index contributed by atoms with van der Waals surface area (Å²) < 4.78 is 0. The Morgan fingerprint density at radius 1 is 1.39 bits per heavy atom. The Balaban J connectivity index is 2.95. The van der Waals surface area contributed by atoms with Crippen LogP contribution in [0.15, 0.2) is 6.33 Å². The normalized spacial score (nSPS) is 11.9. The number of anilines is 2. The lowest BCUT2D eigenvalue weighted by Crippen LogP contribution is -2.20. The van der Waals surface area contributed by atoms with E-state index in [2.05, 4.69) is 20.6 Å². The zero-order valence-electron chi connectivity index (χ0n) is 10.4. The summed E-state index contributed by atoms with van der Waals surface area (Å²) in [6, 6.07) is 0. The number of nitrogens with zero attached hydrogens (tertiary/aromatic N) is 3. The minimum absolute atomic E-state index is 0.110. The van der Waals surface area contributed by atoms with Gasteiger partial charge in [-0.2, -0.15) is 0 Å². The van der Waals surface area contributed by atoms with Crippen LogP contribution in [0.4, 0.5) is 17.3 Å². The van der Waals surface area contributed by atoms with Gasteiger partial charge in [0, 0.05) is 13.1 Å². The molecule has 1 aromatic heterocycles. The van der Waals surface area contributed by atoms with E-state index in [1.807, 2.05) is 13.8 Å². The quantitative estimate of drug-likeness (QED) is 0.492. The Morgan fingerprint density at radius 2 is 2.00 bits per heavy atom. The third-order valence-corrected chi connectivity index (χ3v) is 2.33. The molecule has 1 rings (SSSR count). The van der Waals surface area contributed by atoms with Crippen molar-refractivity contribution < 1.29 is 10.0 Å². The standard InChI is InChI=1S/C10H17N5O3/c1-3-7(16)5-12-10-8(15(17)18)9(11-4-2)13-6-14-10/h6-7,16H,3-5H2,1-2H3,(H2,11,12,13,14). The van der Waals surface area contributed by atoms with E-state index in [0.29, 0.717) is 13.0 Å². The number of rotatable bonds is 7. The number of hydrogen-bond acceptors (Lipinski definition) is 7. The predicted octanol–water partition coefficient (Wildman–Crippen LogP) is 0.999. The molecule has 0 aliphatic carbocycles. The fraction of sp³-hybridized carbons (Fsp3) is 0.600. The lowest BCUT2D eigenvalue weighted by Gasteiger charge is -2.11. The maximum atomic E-state index is 11.0. The van der Waals surface area contributed by atoms with E-state index in [9.17, 15) is 15.2 Å². The van der Waals surface area contributed by atoms with Gasteiger partial charge in [0.1, 0.15) is 6.33 Å². The fourth-order valence-corrected chi connectivity index (χ4v) is 1.34. The molecule has 3 N–H and O–H groups in total. The molecule has 0 saturated heterocycles. The van der Waals surface area contributed by atoms with Crippen LogP contribution in [0.1, 0.15) is 20.3 Å². The Hall–Kier alpha value is -1.96. The Bertz CT molecular complexity index is 412. The van der Waals surface area contributed by atoms with Crippen molar-refractivity contribution in [1.29, 1.82) is 0 Å². The second-order valence-electron chi connectivity index (χ2n) is 3.65. The summed E-state index contributed by atoms with van der Waals surface area (Å²) in [6.45, 7) is 4.37. The maximum Gasteiger partial charge on any atom is 0.353 e. The van der Waals surface area contributed by atoms with Gasteiger partial charge in [-0.3, -0.25) is 10.1 Å². The molecule has 0 spiro atoms. The monoisotopic (exact) mass is 255 g/mol. The average Bonchev–Trinajstić information content (AvgIpc) is 2.36. The number of aliphatic hydroxyl groups excluding tert-OH is 1. The third kappa shape index (κ3) is 3.52. The molecule has 1 heterocycles. The Kier molecular flexibility index (Phi) is 5.25. The first-order valence-electron chi connectivity index (χ1n) is 5.75. The summed E-state index contributed by atoms with van der Waals surface area (Å²) in [5, 5.41) is 26.0. The summed E-state index contributed by atoms with van der Waals surface area (Å²) in [6.07, 6.45) is 1.24. The summed E-state index contributed by atoms with van der Waals surface area (Å²) in [4.78, 5) is 18.1. The molecule has 0 aliphatic heterocycles. The van der Waals surface area contributed by atoms with E-state index in [4.69, 9.17) is 0 Å². The van der Waals surface area contributed by atoms with Crippen LogP contribution in [0.2, 0.25) is 0 Å². The molecule has 0 radical (unpaired) electrons. The van der Waals surface area contributed by atoms with Crippen LogP contribution in [0, 0.1) is 10.1 Å². The lowest BCUT2D eigenvalue weighted by atomic mass is 10.3. The highest BCUT2D eigenvalue weighted by molar-refractivity contribution is 5.69. The molecular formula is C10H17N5O3. The second kappa shape index (κ2) is 6.70. The molecule has 18 heavy (non-hydrogen) atoms. The van der Waals surface area contributed by atoms with Crippen molar-refractivity contribution >= 4 is 17.3 Å². The lowest BCUT2D eigenvalue weighted by molar-refractivity contribution is -0.383. The zero-order valence-corrected chi connectivity index (χ0v) is 10.4. The van der Waals surface area contributed by atoms with Crippen molar-refractivity contribution in [3.8, 4) is 0 Å². The van der Waals surface area contributed by atoms with E-state index in [0.717, 1.165) is 0 Å². The zero-order chi connectivity index (χ0) is 13.5. The van der Waals surface area contributed by atoms with Crippen LogP contribution >= 0.6 is 0 Å². The van der Waals surface area contributed by atoms with Gasteiger partial charge >= 0.3 is 5.69 Å². The van der Waals surface area contributed by atoms with E-state index in [1.165, 1.54) is 6.33 Å². The fourth-order valence-electron chi connectivity index (χ4n) is 1.34. The molecule has 1 aromatic rings. The number of nitrogens with one attached hydrogen (secondary N) is 2. The number of aromatic nitrogens is 2. The van der Waals surface area contributed by atoms with Gasteiger partial charge < -0.3 is 15.7 Å². The predicted molar refractivity (Wildman–Crippen MR) is 67.6 cm³/mol. The van der Waals surface area contributed by atoms with Crippen LogP contribution in [0.3, 0.4) is 0 Å². The minimum Gasteiger partial charge on any atom is -0.391 e. The molecule has 0 aliphatic rings. The van der Waals surface area contributed by atoms with Crippen LogP contribution < -0.4 is 10.6 Å². The van der Waals surface area contributed by atoms with Crippen molar-refractivity contribution in [2.45, 2.75) is 26.4 Å². The first-order valence-corrected chi connectivity index (χ1v) is 5.75. The van der Waals surface area contributed by atoms with Gasteiger partial charge in [0.25, 0.3) is 0 Å². The molecule has 8 nitrogen and oxygen atoms in total. The third-order valence-electron chi connectivity index (χ3n) is 2.33. The molecular weight excluding hydrogens is 238 g/mol. The first-order chi connectivity index (χ1) is 8.60. The Labute approximate surface area is 105 Å². The maximum absolute atomic E-state index is 11.0. The minimum atomic E-state index is -0.567. The molecule has 1 atom stereocenters. The van der Waals surface area contributed by atoms with Gasteiger partial charge in [-0.1, -0.05) is 6.92 Å². The summed E-state index contributed by atoms with van der Waals surface area (Å²) in [5.41, 5.74) is -0.206. The van der Waals surface area contributed by atoms with Crippen molar-refractivity contribution in [3.05, 3.63) is 16.4 Å². The summed E-state index contributed by atoms with van der Waals surface area (Å²) >= 11 is 0. The molecule has 0 bridgehead atoms. The molecule has 0 saturated carbocycles. The molecule has 0 amide bonds. The first kappa shape index (κ1) is 14.1. The van der Waals surface area contributed by atoms with Gasteiger partial charge in [0.15, 0.2) is 0 Å². The number of aliphatic hydroxyl groups is 1. The van der Waals surface area contributed by atoms with Gasteiger partial charge in [0.05, 0.1) is 11.0 Å². The van der Waals surface area contributed by atoms with Crippen LogP contribution in [0.25, 0.3) is 0 Å². The summed E-state index contributed by atoms with van der Waals surface area (Å²) in [7, 11) is 0. The van der Waals surface area contributed by atoms with Crippen LogP contribution in [-0.2, 0) is 0 Å². The number of hydrogen-bond donors (Lipinski definition) is 3. The molecule has 8 heteroatoms. The van der Waals surface area contributed by atoms with E-state index < -0.39 is 11.0 Å². The number of nitro groups is 1. The highest BCUT2D eigenvalue weighted by Crippen LogP contribution is 2.28. The average molecular weight is 255 g/mol. The molecule has 100 valence electrons. The van der Waals surface area contributed by atoms with Crippen molar-refractivity contribution in [2.75, 3.05) is 23.7 Å². The topological polar surface area (TPSA) is 113 Å². The molecule has 0 aromatic carbocycles. The summed E-state index contributed by atoms with van der Waals surface area (Å²) in [5.74, 6) is 0.282.